The molecule has 0 spiro atoms. The Morgan fingerprint density at radius 2 is 1.70 bits per heavy atom. The molecule has 3 atom stereocenters. The number of allylic oxidation sites excluding steroid dienone is 2. The maximum Gasteiger partial charge on any atom is 0.326 e. The fraction of sp³-hybridized carbons (Fsp3) is 0.643. The Morgan fingerprint density at radius 3 is 2.25 bits per heavy atom. The number of carboxylic acid groups (broad SMARTS) is 2. The monoisotopic (exact) mass is 281 g/mol. The van der Waals surface area contributed by atoms with Crippen molar-refractivity contribution in [2.24, 2.45) is 11.8 Å². The third-order valence-corrected chi connectivity index (χ3v) is 4.12. The molecule has 110 valence electrons. The Bertz CT molecular complexity index is 445. The van der Waals surface area contributed by atoms with E-state index in [1.807, 2.05) is 12.2 Å². The first-order chi connectivity index (χ1) is 9.50. The van der Waals surface area contributed by atoms with Gasteiger partial charge in [-0.3, -0.25) is 9.59 Å². The van der Waals surface area contributed by atoms with Gasteiger partial charge in [0.1, 0.15) is 6.04 Å². The number of hydrogen-bond donors (Lipinski definition) is 2. The topological polar surface area (TPSA) is 94.9 Å². The van der Waals surface area contributed by atoms with Crippen LogP contribution in [0, 0.1) is 11.8 Å². The molecule has 2 rings (SSSR count). The fourth-order valence-corrected chi connectivity index (χ4v) is 2.93. The molecule has 0 saturated carbocycles. The largest absolute Gasteiger partial charge is 0.481 e. The number of rotatable bonds is 3. The molecule has 1 heterocycles. The number of hydrogen-bond acceptors (Lipinski definition) is 3. The number of likely N-dealkylation sites (tertiary alicyclic amines) is 1. The molecule has 0 unspecified atom stereocenters. The number of piperidine rings is 1. The summed E-state index contributed by atoms with van der Waals surface area (Å²) in [6, 6.07) is -0.885. The molecule has 0 aromatic rings. The highest BCUT2D eigenvalue weighted by Crippen LogP contribution is 2.28. The third kappa shape index (κ3) is 3.00. The fourth-order valence-electron chi connectivity index (χ4n) is 2.93. The van der Waals surface area contributed by atoms with E-state index in [9.17, 15) is 19.5 Å². The quantitative estimate of drug-likeness (QED) is 0.756. The molecule has 0 aromatic carbocycles. The molecule has 2 N–H and O–H groups in total. The van der Waals surface area contributed by atoms with Gasteiger partial charge in [-0.15, -0.1) is 0 Å². The van der Waals surface area contributed by atoms with Crippen molar-refractivity contribution in [2.45, 2.75) is 38.1 Å². The first-order valence-corrected chi connectivity index (χ1v) is 6.91. The van der Waals surface area contributed by atoms with Crippen molar-refractivity contribution in [3.05, 3.63) is 12.2 Å². The van der Waals surface area contributed by atoms with E-state index >= 15 is 0 Å². The second-order valence-corrected chi connectivity index (χ2v) is 5.44. The Balaban J connectivity index is 2.13. The van der Waals surface area contributed by atoms with Crippen LogP contribution in [-0.4, -0.2) is 45.5 Å². The Hall–Kier alpha value is -1.85. The lowest BCUT2D eigenvalue weighted by molar-refractivity contribution is -0.159. The maximum absolute atomic E-state index is 12.5. The van der Waals surface area contributed by atoms with Gasteiger partial charge in [-0.25, -0.2) is 4.79 Å². The summed E-state index contributed by atoms with van der Waals surface area (Å²) in [5.41, 5.74) is 0. The highest BCUT2D eigenvalue weighted by atomic mass is 16.4. The zero-order valence-electron chi connectivity index (χ0n) is 11.2. The van der Waals surface area contributed by atoms with Crippen LogP contribution in [0.1, 0.15) is 32.1 Å². The summed E-state index contributed by atoms with van der Waals surface area (Å²) in [5, 5.41) is 18.3. The molecular formula is C14H19NO5. The van der Waals surface area contributed by atoms with Gasteiger partial charge in [0.05, 0.1) is 5.92 Å². The number of amides is 1. The van der Waals surface area contributed by atoms with E-state index in [4.69, 9.17) is 5.11 Å². The van der Waals surface area contributed by atoms with E-state index in [-0.39, 0.29) is 24.8 Å². The lowest BCUT2D eigenvalue weighted by Gasteiger charge is -2.38. The van der Waals surface area contributed by atoms with Crippen molar-refractivity contribution in [3.8, 4) is 0 Å². The minimum atomic E-state index is -1.05. The normalized spacial score (nSPS) is 30.0. The zero-order chi connectivity index (χ0) is 14.7. The number of carbonyl (C=O) groups excluding carboxylic acids is 1. The lowest BCUT2D eigenvalue weighted by atomic mass is 9.88. The molecule has 1 aliphatic heterocycles. The van der Waals surface area contributed by atoms with Crippen LogP contribution >= 0.6 is 0 Å². The van der Waals surface area contributed by atoms with E-state index in [1.165, 1.54) is 4.90 Å². The SMILES string of the molecule is O=C(O)[C@@H]1CC[C@H](C(=O)O)N(C(=O)[C@@H]2CC=CCC2)C1. The van der Waals surface area contributed by atoms with Gasteiger partial charge in [0.2, 0.25) is 5.91 Å². The molecule has 6 heteroatoms. The van der Waals surface area contributed by atoms with Gasteiger partial charge in [-0.2, -0.15) is 0 Å². The van der Waals surface area contributed by atoms with Crippen molar-refractivity contribution in [2.75, 3.05) is 6.54 Å². The van der Waals surface area contributed by atoms with Crippen LogP contribution in [0.25, 0.3) is 0 Å². The number of nitrogens with zero attached hydrogens (tertiary/aromatic N) is 1. The van der Waals surface area contributed by atoms with Crippen molar-refractivity contribution >= 4 is 17.8 Å². The van der Waals surface area contributed by atoms with Gasteiger partial charge < -0.3 is 15.1 Å². The third-order valence-electron chi connectivity index (χ3n) is 4.12. The van der Waals surface area contributed by atoms with Crippen LogP contribution in [-0.2, 0) is 14.4 Å². The smallest absolute Gasteiger partial charge is 0.326 e. The number of carbonyl (C=O) groups is 3. The molecule has 20 heavy (non-hydrogen) atoms. The van der Waals surface area contributed by atoms with Crippen LogP contribution in [0.5, 0.6) is 0 Å². The van der Waals surface area contributed by atoms with E-state index in [0.717, 1.165) is 6.42 Å². The summed E-state index contributed by atoms with van der Waals surface area (Å²) in [7, 11) is 0. The maximum atomic E-state index is 12.5. The summed E-state index contributed by atoms with van der Waals surface area (Å²) < 4.78 is 0. The highest BCUT2D eigenvalue weighted by molar-refractivity contribution is 5.86. The van der Waals surface area contributed by atoms with Crippen LogP contribution in [0.4, 0.5) is 0 Å². The van der Waals surface area contributed by atoms with Gasteiger partial charge in [0.15, 0.2) is 0 Å². The van der Waals surface area contributed by atoms with Crippen LogP contribution < -0.4 is 0 Å². The summed E-state index contributed by atoms with van der Waals surface area (Å²) in [5.74, 6) is -3.10. The van der Waals surface area contributed by atoms with Gasteiger partial charge in [0, 0.05) is 12.5 Å². The van der Waals surface area contributed by atoms with Crippen molar-refractivity contribution in [3.63, 3.8) is 0 Å². The molecule has 2 aliphatic rings. The molecule has 1 fully saturated rings. The summed E-state index contributed by atoms with van der Waals surface area (Å²) in [6.07, 6.45) is 6.58. The second-order valence-electron chi connectivity index (χ2n) is 5.44. The average molecular weight is 281 g/mol. The van der Waals surface area contributed by atoms with E-state index in [1.54, 1.807) is 0 Å². The van der Waals surface area contributed by atoms with Gasteiger partial charge >= 0.3 is 11.9 Å². The lowest BCUT2D eigenvalue weighted by Crippen LogP contribution is -2.53. The van der Waals surface area contributed by atoms with E-state index in [2.05, 4.69) is 0 Å². The van der Waals surface area contributed by atoms with Crippen LogP contribution in [0.3, 0.4) is 0 Å². The van der Waals surface area contributed by atoms with Crippen molar-refractivity contribution in [1.82, 2.24) is 4.90 Å². The standard InChI is InChI=1S/C14H19NO5/c16-12(9-4-2-1-3-5-9)15-8-10(13(17)18)6-7-11(15)14(19)20/h1-2,9-11H,3-8H2,(H,17,18)(H,19,20)/t9-,10-,11-/m1/s1. The number of aliphatic carboxylic acids is 2. The van der Waals surface area contributed by atoms with Gasteiger partial charge in [0.25, 0.3) is 0 Å². The number of carboxylic acids is 2. The van der Waals surface area contributed by atoms with Crippen LogP contribution in [0.2, 0.25) is 0 Å². The predicted molar refractivity (Wildman–Crippen MR) is 70.0 cm³/mol. The first kappa shape index (κ1) is 14.6. The highest BCUT2D eigenvalue weighted by Gasteiger charge is 2.40. The molecule has 1 aliphatic carbocycles. The van der Waals surface area contributed by atoms with Crippen molar-refractivity contribution < 1.29 is 24.6 Å². The minimum Gasteiger partial charge on any atom is -0.481 e. The molecule has 6 nitrogen and oxygen atoms in total. The summed E-state index contributed by atoms with van der Waals surface area (Å²) in [4.78, 5) is 36.1. The second kappa shape index (κ2) is 6.07. The molecule has 0 aromatic heterocycles. The van der Waals surface area contributed by atoms with Crippen LogP contribution in [0.15, 0.2) is 12.2 Å². The van der Waals surface area contributed by atoms with E-state index < -0.39 is 23.9 Å². The Kier molecular flexibility index (Phi) is 4.42. The van der Waals surface area contributed by atoms with Gasteiger partial charge in [-0.1, -0.05) is 12.2 Å². The Labute approximate surface area is 117 Å². The summed E-state index contributed by atoms with van der Waals surface area (Å²) >= 11 is 0. The summed E-state index contributed by atoms with van der Waals surface area (Å²) in [6.45, 7) is 0.00531. The van der Waals surface area contributed by atoms with E-state index in [0.29, 0.717) is 19.3 Å². The average Bonchev–Trinajstić information content (AvgIpc) is 2.46. The predicted octanol–water partition coefficient (Wildman–Crippen LogP) is 1.12. The zero-order valence-corrected chi connectivity index (χ0v) is 11.2. The minimum absolute atomic E-state index is 0.00531. The van der Waals surface area contributed by atoms with Crippen molar-refractivity contribution in [1.29, 1.82) is 0 Å². The molecule has 1 amide bonds. The van der Waals surface area contributed by atoms with Gasteiger partial charge in [-0.05, 0) is 32.1 Å². The molecular weight excluding hydrogens is 262 g/mol. The molecule has 0 bridgehead atoms. The first-order valence-electron chi connectivity index (χ1n) is 6.91. The molecule has 1 saturated heterocycles. The molecule has 0 radical (unpaired) electrons. The Morgan fingerprint density at radius 1 is 0.950 bits per heavy atom.